The summed E-state index contributed by atoms with van der Waals surface area (Å²) in [4.78, 5) is 29.1. The molecule has 7 nitrogen and oxygen atoms in total. The van der Waals surface area contributed by atoms with Crippen LogP contribution in [0.25, 0.3) is 11.1 Å². The van der Waals surface area contributed by atoms with Gasteiger partial charge in [-0.1, -0.05) is 56.3 Å². The standard InChI is InChI=1S/C29H38N4O3.C3H6.V.H2/c1-21(2)19-26(27(34)31-14-13-30)24-8-6-7-23(20-24)22-9-11-25(12-10-22)32-15-17-33(18-16-32)28(35)36-29(3,4)5;1-3-2;;/h6-12,20-21,26H,14-19H2,1-5H3,(H,31,34);3H,1H2,2H3;;1H. The zero-order valence-corrected chi connectivity index (χ0v) is 26.2. The summed E-state index contributed by atoms with van der Waals surface area (Å²) in [6, 6.07) is 18.5. The quantitative estimate of drug-likeness (QED) is 0.292. The van der Waals surface area contributed by atoms with Crippen molar-refractivity contribution in [2.24, 2.45) is 5.92 Å². The van der Waals surface area contributed by atoms with Crippen LogP contribution in [0.3, 0.4) is 0 Å². The predicted molar refractivity (Wildman–Crippen MR) is 161 cm³/mol. The number of carbonyl (C=O) groups excluding carboxylic acids is 2. The molecule has 1 fully saturated rings. The van der Waals surface area contributed by atoms with E-state index < -0.39 is 5.60 Å². The fourth-order valence-corrected chi connectivity index (χ4v) is 4.39. The minimum Gasteiger partial charge on any atom is -0.444 e. The number of allylic oxidation sites excluding steroid dienone is 1. The van der Waals surface area contributed by atoms with Crippen molar-refractivity contribution in [3.8, 4) is 17.2 Å². The van der Waals surface area contributed by atoms with E-state index in [1.807, 2.05) is 45.9 Å². The maximum Gasteiger partial charge on any atom is 0.410 e. The third-order valence-electron chi connectivity index (χ3n) is 6.15. The molecule has 40 heavy (non-hydrogen) atoms. The Morgan fingerprint density at radius 2 is 1.70 bits per heavy atom. The molecule has 1 aliphatic rings. The summed E-state index contributed by atoms with van der Waals surface area (Å²) in [7, 11) is 0. The normalized spacial score (nSPS) is 13.7. The molecule has 0 saturated carbocycles. The second-order valence-corrected chi connectivity index (χ2v) is 11.1. The van der Waals surface area contributed by atoms with Crippen molar-refractivity contribution in [2.45, 2.75) is 59.5 Å². The van der Waals surface area contributed by atoms with E-state index >= 15 is 0 Å². The summed E-state index contributed by atoms with van der Waals surface area (Å²) in [5.41, 5.74) is 3.71. The second-order valence-electron chi connectivity index (χ2n) is 11.1. The number of anilines is 1. The molecule has 1 aliphatic heterocycles. The van der Waals surface area contributed by atoms with Crippen LogP contribution in [0.15, 0.2) is 61.2 Å². The van der Waals surface area contributed by atoms with Gasteiger partial charge in [0.25, 0.3) is 0 Å². The van der Waals surface area contributed by atoms with Crippen molar-refractivity contribution in [3.05, 3.63) is 66.7 Å². The predicted octanol–water partition coefficient (Wildman–Crippen LogP) is 6.62. The van der Waals surface area contributed by atoms with Gasteiger partial charge in [0, 0.05) is 51.8 Å². The van der Waals surface area contributed by atoms with Crippen molar-refractivity contribution >= 4 is 17.7 Å². The molecule has 0 bridgehead atoms. The van der Waals surface area contributed by atoms with Gasteiger partial charge in [0.05, 0.1) is 12.0 Å². The van der Waals surface area contributed by atoms with Gasteiger partial charge in [-0.2, -0.15) is 5.26 Å². The molecule has 1 heterocycles. The third kappa shape index (κ3) is 11.1. The summed E-state index contributed by atoms with van der Waals surface area (Å²) in [6.45, 7) is 17.9. The van der Waals surface area contributed by atoms with Crippen LogP contribution >= 0.6 is 0 Å². The minimum absolute atomic E-state index is 0. The zero-order chi connectivity index (χ0) is 29.0. The first-order valence-electron chi connectivity index (χ1n) is 13.6. The number of rotatable bonds is 7. The maximum atomic E-state index is 12.7. The van der Waals surface area contributed by atoms with Crippen molar-refractivity contribution < 1.29 is 34.3 Å². The van der Waals surface area contributed by atoms with Gasteiger partial charge in [-0.15, -0.1) is 6.58 Å². The van der Waals surface area contributed by atoms with Crippen LogP contribution in [0.2, 0.25) is 0 Å². The molecule has 0 spiro atoms. The van der Waals surface area contributed by atoms with Crippen LogP contribution in [-0.4, -0.2) is 55.2 Å². The van der Waals surface area contributed by atoms with E-state index in [1.165, 1.54) is 0 Å². The van der Waals surface area contributed by atoms with E-state index in [-0.39, 0.29) is 44.4 Å². The smallest absolute Gasteiger partial charge is 0.410 e. The Morgan fingerprint density at radius 3 is 2.23 bits per heavy atom. The van der Waals surface area contributed by atoms with Gasteiger partial charge in [-0.3, -0.25) is 4.79 Å². The summed E-state index contributed by atoms with van der Waals surface area (Å²) in [6.07, 6.45) is 2.21. The molecule has 2 aromatic rings. The van der Waals surface area contributed by atoms with Gasteiger partial charge in [-0.05, 0) is 68.9 Å². The van der Waals surface area contributed by atoms with Gasteiger partial charge >= 0.3 is 6.09 Å². The fourth-order valence-electron chi connectivity index (χ4n) is 4.39. The van der Waals surface area contributed by atoms with Gasteiger partial charge in [-0.25, -0.2) is 4.79 Å². The van der Waals surface area contributed by atoms with E-state index in [0.29, 0.717) is 19.0 Å². The molecular weight excluding hydrogens is 539 g/mol. The van der Waals surface area contributed by atoms with Crippen LogP contribution in [0, 0.1) is 17.2 Å². The molecule has 1 saturated heterocycles. The van der Waals surface area contributed by atoms with Crippen molar-refractivity contribution in [1.29, 1.82) is 5.26 Å². The van der Waals surface area contributed by atoms with E-state index in [2.05, 4.69) is 67.0 Å². The van der Waals surface area contributed by atoms with Crippen molar-refractivity contribution in [3.63, 3.8) is 0 Å². The number of nitrogens with one attached hydrogen (secondary N) is 1. The van der Waals surface area contributed by atoms with E-state index in [0.717, 1.165) is 41.9 Å². The minimum atomic E-state index is -0.489. The molecule has 217 valence electrons. The fraction of sp³-hybridized carbons (Fsp3) is 0.469. The Hall–Kier alpha value is -3.21. The summed E-state index contributed by atoms with van der Waals surface area (Å²) >= 11 is 0. The molecule has 8 heteroatoms. The number of benzene rings is 2. The van der Waals surface area contributed by atoms with E-state index in [4.69, 9.17) is 10.00 Å². The molecule has 3 rings (SSSR count). The molecule has 0 aliphatic carbocycles. The first-order chi connectivity index (χ1) is 18.5. The van der Waals surface area contributed by atoms with E-state index in [9.17, 15) is 9.59 Å². The number of nitriles is 1. The number of nitrogens with zero attached hydrogens (tertiary/aromatic N) is 3. The van der Waals surface area contributed by atoms with Crippen LogP contribution in [0.4, 0.5) is 10.5 Å². The van der Waals surface area contributed by atoms with Crippen LogP contribution in [0.5, 0.6) is 0 Å². The molecule has 2 amide bonds. The number of carbonyl (C=O) groups is 2. The van der Waals surface area contributed by atoms with Gasteiger partial charge in [0.2, 0.25) is 5.91 Å². The topological polar surface area (TPSA) is 85.7 Å². The number of hydrogen-bond acceptors (Lipinski definition) is 5. The molecule has 1 N–H and O–H groups in total. The van der Waals surface area contributed by atoms with Gasteiger partial charge in [0.15, 0.2) is 0 Å². The van der Waals surface area contributed by atoms with Crippen LogP contribution < -0.4 is 10.2 Å². The Labute approximate surface area is 253 Å². The Morgan fingerprint density at radius 1 is 1.10 bits per heavy atom. The van der Waals surface area contributed by atoms with Crippen molar-refractivity contribution in [1.82, 2.24) is 10.2 Å². The first-order valence-corrected chi connectivity index (χ1v) is 13.6. The van der Waals surface area contributed by atoms with Gasteiger partial charge < -0.3 is 19.9 Å². The third-order valence-corrected chi connectivity index (χ3v) is 6.15. The number of amides is 2. The second kappa shape index (κ2) is 16.8. The monoisotopic (exact) mass is 585 g/mol. The molecule has 0 aromatic heterocycles. The maximum absolute atomic E-state index is 12.7. The molecule has 1 unspecified atom stereocenters. The largest absolute Gasteiger partial charge is 0.444 e. The average molecular weight is 586 g/mol. The average Bonchev–Trinajstić information content (AvgIpc) is 2.90. The Balaban J connectivity index is 0.00000306. The molecular formula is C32H46N4O3V. The number of piperazine rings is 1. The summed E-state index contributed by atoms with van der Waals surface area (Å²) in [5.74, 6) is -0.0522. The summed E-state index contributed by atoms with van der Waals surface area (Å²) < 4.78 is 5.49. The molecule has 2 aromatic carbocycles. The molecule has 1 radical (unpaired) electrons. The first kappa shape index (κ1) is 34.8. The Bertz CT molecular complexity index is 1130. The van der Waals surface area contributed by atoms with Crippen LogP contribution in [-0.2, 0) is 28.1 Å². The number of ether oxygens (including phenoxy) is 1. The zero-order valence-electron chi connectivity index (χ0n) is 24.8. The molecule has 1 atom stereocenters. The van der Waals surface area contributed by atoms with E-state index in [1.54, 1.807) is 11.0 Å². The number of hydrogen-bond donors (Lipinski definition) is 1. The SMILES string of the molecule is C=CC.CC(C)CC(C(=O)NCC#N)c1cccc(-c2ccc(N3CCN(C(=O)OC(C)(C)C)CC3)cc2)c1.[HH].[V]. The van der Waals surface area contributed by atoms with Crippen LogP contribution in [0.1, 0.15) is 60.9 Å². The summed E-state index contributed by atoms with van der Waals surface area (Å²) in [5, 5.41) is 11.6. The van der Waals surface area contributed by atoms with Crippen molar-refractivity contribution in [2.75, 3.05) is 37.6 Å². The van der Waals surface area contributed by atoms with Gasteiger partial charge in [0.1, 0.15) is 12.1 Å². The Kier molecular flexibility index (Phi) is 14.6.